The Bertz CT molecular complexity index is 136. The van der Waals surface area contributed by atoms with Crippen molar-refractivity contribution in [3.63, 3.8) is 0 Å². The summed E-state index contributed by atoms with van der Waals surface area (Å²) < 4.78 is 0. The van der Waals surface area contributed by atoms with Crippen LogP contribution in [-0.4, -0.2) is 11.2 Å². The van der Waals surface area contributed by atoms with Gasteiger partial charge in [-0.25, -0.2) is 4.79 Å². The molecule has 0 atom stereocenters. The summed E-state index contributed by atoms with van der Waals surface area (Å²) in [5.41, 5.74) is 4.03. The molecule has 0 rings (SSSR count). The Morgan fingerprint density at radius 2 is 2.00 bits per heavy atom. The van der Waals surface area contributed by atoms with E-state index in [1.165, 1.54) is 19.3 Å². The third-order valence-corrected chi connectivity index (χ3v) is 1.14. The number of primary amides is 1. The Labute approximate surface area is 73.0 Å². The molecule has 0 saturated carbocycles. The van der Waals surface area contributed by atoms with E-state index < -0.39 is 6.09 Å². The molecule has 70 valence electrons. The summed E-state index contributed by atoms with van der Waals surface area (Å²) in [6.45, 7) is 2.17. The van der Waals surface area contributed by atoms with E-state index in [-0.39, 0.29) is 0 Å². The van der Waals surface area contributed by atoms with Crippen LogP contribution < -0.4 is 5.73 Å². The molecule has 0 aromatic heterocycles. The minimum absolute atomic E-state index is 0.736. The van der Waals surface area contributed by atoms with Gasteiger partial charge >= 0.3 is 6.09 Å². The van der Waals surface area contributed by atoms with E-state index in [0.717, 1.165) is 12.8 Å². The van der Waals surface area contributed by atoms with Gasteiger partial charge in [-0.15, -0.1) is 0 Å². The number of nitrogens with zero attached hydrogens (tertiary/aromatic N) is 1. The topological polar surface area (TPSA) is 87.1 Å². The second-order valence-corrected chi connectivity index (χ2v) is 2.31. The first kappa shape index (κ1) is 13.4. The highest BCUT2D eigenvalue weighted by Gasteiger charge is 1.83. The molecule has 0 saturated heterocycles. The SMILES string of the molecule is CCCCCCC#N.NC(=O)O. The van der Waals surface area contributed by atoms with Gasteiger partial charge < -0.3 is 10.8 Å². The maximum absolute atomic E-state index is 8.78. The Morgan fingerprint density at radius 1 is 1.50 bits per heavy atom. The zero-order valence-corrected chi connectivity index (χ0v) is 7.42. The maximum Gasteiger partial charge on any atom is 0.402 e. The van der Waals surface area contributed by atoms with Crippen LogP contribution in [0.2, 0.25) is 0 Å². The number of nitrogens with two attached hydrogens (primary N) is 1. The van der Waals surface area contributed by atoms with Crippen molar-refractivity contribution in [2.75, 3.05) is 0 Å². The summed E-state index contributed by atoms with van der Waals surface area (Å²) in [6.07, 6.45) is 4.25. The summed E-state index contributed by atoms with van der Waals surface area (Å²) >= 11 is 0. The highest BCUT2D eigenvalue weighted by Crippen LogP contribution is 2.00. The first-order valence-corrected chi connectivity index (χ1v) is 4.00. The van der Waals surface area contributed by atoms with Crippen molar-refractivity contribution in [2.24, 2.45) is 5.73 Å². The maximum atomic E-state index is 8.78. The van der Waals surface area contributed by atoms with Gasteiger partial charge in [-0.2, -0.15) is 5.26 Å². The molecule has 0 heterocycles. The lowest BCUT2D eigenvalue weighted by molar-refractivity contribution is 0.205. The number of carboxylic acid groups (broad SMARTS) is 1. The lowest BCUT2D eigenvalue weighted by atomic mass is 10.2. The van der Waals surface area contributed by atoms with Crippen molar-refractivity contribution >= 4 is 6.09 Å². The van der Waals surface area contributed by atoms with Crippen LogP contribution in [0.5, 0.6) is 0 Å². The number of amides is 1. The Kier molecular flexibility index (Phi) is 13.8. The van der Waals surface area contributed by atoms with Crippen molar-refractivity contribution in [3.05, 3.63) is 0 Å². The van der Waals surface area contributed by atoms with Crippen LogP contribution in [-0.2, 0) is 0 Å². The number of rotatable bonds is 4. The van der Waals surface area contributed by atoms with Gasteiger partial charge in [-0.05, 0) is 6.42 Å². The first-order valence-electron chi connectivity index (χ1n) is 4.00. The molecule has 3 N–H and O–H groups in total. The van der Waals surface area contributed by atoms with Gasteiger partial charge in [0.25, 0.3) is 0 Å². The minimum Gasteiger partial charge on any atom is -0.465 e. The molecule has 0 aliphatic rings. The summed E-state index contributed by atoms with van der Waals surface area (Å²) in [5.74, 6) is 0. The van der Waals surface area contributed by atoms with Crippen LogP contribution in [0.3, 0.4) is 0 Å². The van der Waals surface area contributed by atoms with Gasteiger partial charge in [0, 0.05) is 6.42 Å². The lowest BCUT2D eigenvalue weighted by Gasteiger charge is -1.89. The number of unbranched alkanes of at least 4 members (excludes halogenated alkanes) is 4. The zero-order valence-electron chi connectivity index (χ0n) is 7.42. The van der Waals surface area contributed by atoms with Gasteiger partial charge in [0.15, 0.2) is 0 Å². The Balaban J connectivity index is 0. The molecule has 0 bridgehead atoms. The predicted molar refractivity (Wildman–Crippen MR) is 46.6 cm³/mol. The third-order valence-electron chi connectivity index (χ3n) is 1.14. The average Bonchev–Trinajstić information content (AvgIpc) is 1.97. The molecule has 0 fully saturated rings. The van der Waals surface area contributed by atoms with Crippen molar-refractivity contribution in [3.8, 4) is 6.07 Å². The number of carbonyl (C=O) groups is 1. The summed E-state index contributed by atoms with van der Waals surface area (Å²) in [7, 11) is 0. The molecule has 0 radical (unpaired) electrons. The highest BCUT2D eigenvalue weighted by atomic mass is 16.4. The summed E-state index contributed by atoms with van der Waals surface area (Å²) in [6, 6.07) is 2.13. The zero-order chi connectivity index (χ0) is 9.82. The molecule has 0 aliphatic carbocycles. The quantitative estimate of drug-likeness (QED) is 0.636. The van der Waals surface area contributed by atoms with E-state index in [1.807, 2.05) is 0 Å². The third kappa shape index (κ3) is 37.3. The van der Waals surface area contributed by atoms with E-state index in [1.54, 1.807) is 0 Å². The molecule has 1 amide bonds. The summed E-state index contributed by atoms with van der Waals surface area (Å²) in [5, 5.41) is 15.3. The van der Waals surface area contributed by atoms with Crippen molar-refractivity contribution in [2.45, 2.75) is 39.0 Å². The normalized spacial score (nSPS) is 7.67. The van der Waals surface area contributed by atoms with E-state index in [2.05, 4.69) is 18.7 Å². The Morgan fingerprint density at radius 3 is 2.33 bits per heavy atom. The van der Waals surface area contributed by atoms with E-state index in [9.17, 15) is 0 Å². The van der Waals surface area contributed by atoms with Gasteiger partial charge in [-0.3, -0.25) is 0 Å². The van der Waals surface area contributed by atoms with Crippen LogP contribution in [0.15, 0.2) is 0 Å². The second kappa shape index (κ2) is 12.4. The highest BCUT2D eigenvalue weighted by molar-refractivity contribution is 5.61. The monoisotopic (exact) mass is 172 g/mol. The van der Waals surface area contributed by atoms with Gasteiger partial charge in [0.2, 0.25) is 0 Å². The van der Waals surface area contributed by atoms with E-state index in [0.29, 0.717) is 0 Å². The van der Waals surface area contributed by atoms with Crippen LogP contribution in [0, 0.1) is 11.3 Å². The lowest BCUT2D eigenvalue weighted by Crippen LogP contribution is -2.03. The molecular weight excluding hydrogens is 156 g/mol. The molecule has 4 heteroatoms. The first-order chi connectivity index (χ1) is 5.65. The number of hydrogen-bond acceptors (Lipinski definition) is 2. The number of nitriles is 1. The van der Waals surface area contributed by atoms with Crippen LogP contribution in [0.4, 0.5) is 4.79 Å². The molecular formula is C8H16N2O2. The fourth-order valence-electron chi connectivity index (χ4n) is 0.631. The van der Waals surface area contributed by atoms with Crippen LogP contribution in [0.25, 0.3) is 0 Å². The molecule has 0 unspecified atom stereocenters. The molecule has 4 nitrogen and oxygen atoms in total. The number of hydrogen-bond donors (Lipinski definition) is 2. The molecule has 12 heavy (non-hydrogen) atoms. The van der Waals surface area contributed by atoms with E-state index in [4.69, 9.17) is 15.2 Å². The van der Waals surface area contributed by atoms with Gasteiger partial charge in [0.05, 0.1) is 6.07 Å². The largest absolute Gasteiger partial charge is 0.465 e. The van der Waals surface area contributed by atoms with Crippen molar-refractivity contribution in [1.29, 1.82) is 5.26 Å². The molecule has 0 aromatic rings. The van der Waals surface area contributed by atoms with Crippen LogP contribution in [0.1, 0.15) is 39.0 Å². The van der Waals surface area contributed by atoms with Crippen LogP contribution >= 0.6 is 0 Å². The molecule has 0 aliphatic heterocycles. The second-order valence-electron chi connectivity index (χ2n) is 2.31. The van der Waals surface area contributed by atoms with Crippen molar-refractivity contribution < 1.29 is 9.90 Å². The Hall–Kier alpha value is -1.24. The van der Waals surface area contributed by atoms with E-state index >= 15 is 0 Å². The van der Waals surface area contributed by atoms with Gasteiger partial charge in [0.1, 0.15) is 0 Å². The average molecular weight is 172 g/mol. The summed E-state index contributed by atoms with van der Waals surface area (Å²) in [4.78, 5) is 8.78. The minimum atomic E-state index is -1.33. The smallest absolute Gasteiger partial charge is 0.402 e. The fourth-order valence-corrected chi connectivity index (χ4v) is 0.631. The standard InChI is InChI=1S/C7H13N.CH3NO2/c1-2-3-4-5-6-7-8;2-1(3)4/h2-6H2,1H3;2H2,(H,3,4). The van der Waals surface area contributed by atoms with Gasteiger partial charge in [-0.1, -0.05) is 26.2 Å². The fraction of sp³-hybridized carbons (Fsp3) is 0.750. The predicted octanol–water partition coefficient (Wildman–Crippen LogP) is 2.10. The van der Waals surface area contributed by atoms with Crippen molar-refractivity contribution in [1.82, 2.24) is 0 Å². The molecule has 0 aromatic carbocycles. The molecule has 0 spiro atoms.